The summed E-state index contributed by atoms with van der Waals surface area (Å²) in [5, 5.41) is 8.81. The molecule has 0 amide bonds. The molecule has 0 saturated heterocycles. The van der Waals surface area contributed by atoms with E-state index in [1.54, 1.807) is 30.3 Å². The molecule has 0 aromatic heterocycles. The maximum absolute atomic E-state index is 12.2. The Kier molecular flexibility index (Phi) is 3.75. The lowest BCUT2D eigenvalue weighted by Gasteiger charge is -2.05. The Morgan fingerprint density at radius 3 is 2.67 bits per heavy atom. The predicted octanol–water partition coefficient (Wildman–Crippen LogP) is 2.45. The Morgan fingerprint density at radius 2 is 1.94 bits per heavy atom. The molecule has 0 heterocycles. The molecule has 2 rings (SSSR count). The van der Waals surface area contributed by atoms with Crippen LogP contribution in [-0.2, 0) is 16.6 Å². The maximum Gasteiger partial charge on any atom is 0.0991 e. The van der Waals surface area contributed by atoms with Gasteiger partial charge in [-0.2, -0.15) is 5.26 Å². The molecule has 2 aromatic rings. The summed E-state index contributed by atoms with van der Waals surface area (Å²) in [5.41, 5.74) is 7.77. The molecule has 18 heavy (non-hydrogen) atoms. The minimum atomic E-state index is -1.19. The van der Waals surface area contributed by atoms with E-state index in [2.05, 4.69) is 6.07 Å². The normalized spacial score (nSPS) is 11.7. The quantitative estimate of drug-likeness (QED) is 0.858. The smallest absolute Gasteiger partial charge is 0.0991 e. The summed E-state index contributed by atoms with van der Waals surface area (Å²) in [6, 6.07) is 16.3. The van der Waals surface area contributed by atoms with Crippen LogP contribution in [0.4, 0.5) is 5.69 Å². The fourth-order valence-corrected chi connectivity index (χ4v) is 2.85. The SMILES string of the molecule is N#Cc1cccc(CS(=O)c2ccccc2N)c1. The minimum absolute atomic E-state index is 0.365. The van der Waals surface area contributed by atoms with Gasteiger partial charge in [0.1, 0.15) is 0 Å². The number of nitrogens with zero attached hydrogens (tertiary/aromatic N) is 1. The molecule has 0 aliphatic carbocycles. The second-order valence-corrected chi connectivity index (χ2v) is 5.26. The first-order valence-corrected chi connectivity index (χ1v) is 6.74. The number of hydrogen-bond donors (Lipinski definition) is 1. The van der Waals surface area contributed by atoms with E-state index in [0.717, 1.165) is 5.56 Å². The van der Waals surface area contributed by atoms with E-state index >= 15 is 0 Å². The Morgan fingerprint density at radius 1 is 1.17 bits per heavy atom. The largest absolute Gasteiger partial charge is 0.398 e. The molecule has 0 saturated carbocycles. The summed E-state index contributed by atoms with van der Waals surface area (Å²) in [6.45, 7) is 0. The van der Waals surface area contributed by atoms with Gasteiger partial charge in [-0.05, 0) is 29.8 Å². The van der Waals surface area contributed by atoms with Gasteiger partial charge in [0, 0.05) is 5.69 Å². The first kappa shape index (κ1) is 12.3. The number of benzene rings is 2. The van der Waals surface area contributed by atoms with Crippen LogP contribution in [0.25, 0.3) is 0 Å². The van der Waals surface area contributed by atoms with Crippen LogP contribution < -0.4 is 5.73 Å². The van der Waals surface area contributed by atoms with Gasteiger partial charge in [-0.25, -0.2) is 0 Å². The Bertz CT molecular complexity index is 632. The molecule has 4 heteroatoms. The molecule has 0 spiro atoms. The zero-order valence-electron chi connectivity index (χ0n) is 9.67. The van der Waals surface area contributed by atoms with Crippen molar-refractivity contribution in [2.75, 3.05) is 5.73 Å². The third kappa shape index (κ3) is 2.76. The second-order valence-electron chi connectivity index (χ2n) is 3.84. The number of hydrogen-bond acceptors (Lipinski definition) is 3. The predicted molar refractivity (Wildman–Crippen MR) is 72.1 cm³/mol. The van der Waals surface area contributed by atoms with Crippen LogP contribution in [0.2, 0.25) is 0 Å². The number of anilines is 1. The Balaban J connectivity index is 2.22. The highest BCUT2D eigenvalue weighted by Crippen LogP contribution is 2.19. The molecule has 0 radical (unpaired) electrons. The summed E-state index contributed by atoms with van der Waals surface area (Å²) in [4.78, 5) is 0.639. The highest BCUT2D eigenvalue weighted by molar-refractivity contribution is 7.84. The van der Waals surface area contributed by atoms with Crippen LogP contribution in [0.15, 0.2) is 53.4 Å². The summed E-state index contributed by atoms with van der Waals surface area (Å²) < 4.78 is 12.2. The molecule has 2 aromatic carbocycles. The van der Waals surface area contributed by atoms with Crippen LogP contribution in [0.1, 0.15) is 11.1 Å². The summed E-state index contributed by atoms with van der Waals surface area (Å²) in [5.74, 6) is 0.365. The van der Waals surface area contributed by atoms with E-state index in [0.29, 0.717) is 21.9 Å². The molecule has 1 unspecified atom stereocenters. The number of nitrogen functional groups attached to an aromatic ring is 1. The number of nitrogens with two attached hydrogens (primary N) is 1. The van der Waals surface area contributed by atoms with Gasteiger partial charge in [0.25, 0.3) is 0 Å². The molecule has 3 nitrogen and oxygen atoms in total. The summed E-state index contributed by atoms with van der Waals surface area (Å²) in [6.07, 6.45) is 0. The monoisotopic (exact) mass is 256 g/mol. The van der Waals surface area contributed by atoms with Crippen molar-refractivity contribution in [1.29, 1.82) is 5.26 Å². The van der Waals surface area contributed by atoms with Crippen molar-refractivity contribution in [1.82, 2.24) is 0 Å². The van der Waals surface area contributed by atoms with Gasteiger partial charge in [-0.1, -0.05) is 24.3 Å². The van der Waals surface area contributed by atoms with Gasteiger partial charge >= 0.3 is 0 Å². The van der Waals surface area contributed by atoms with Gasteiger partial charge < -0.3 is 5.73 Å². The van der Waals surface area contributed by atoms with E-state index in [-0.39, 0.29) is 0 Å². The lowest BCUT2D eigenvalue weighted by atomic mass is 10.2. The molecule has 90 valence electrons. The second kappa shape index (κ2) is 5.48. The molecule has 0 aliphatic rings. The van der Waals surface area contributed by atoms with E-state index in [4.69, 9.17) is 11.0 Å². The topological polar surface area (TPSA) is 66.9 Å². The molecular formula is C14H12N2OS. The molecule has 0 aliphatic heterocycles. The Hall–Kier alpha value is -2.12. The van der Waals surface area contributed by atoms with Crippen molar-refractivity contribution in [2.45, 2.75) is 10.6 Å². The van der Waals surface area contributed by atoms with Crippen molar-refractivity contribution in [3.63, 3.8) is 0 Å². The van der Waals surface area contributed by atoms with Crippen molar-refractivity contribution < 1.29 is 4.21 Å². The van der Waals surface area contributed by atoms with Gasteiger partial charge in [0.2, 0.25) is 0 Å². The number of nitriles is 1. The van der Waals surface area contributed by atoms with Crippen molar-refractivity contribution in [3.8, 4) is 6.07 Å². The number of rotatable bonds is 3. The molecule has 2 N–H and O–H groups in total. The molecule has 1 atom stereocenters. The van der Waals surface area contributed by atoms with Crippen LogP contribution in [0.3, 0.4) is 0 Å². The van der Waals surface area contributed by atoms with Gasteiger partial charge in [-0.15, -0.1) is 0 Å². The maximum atomic E-state index is 12.2. The first-order valence-electron chi connectivity index (χ1n) is 5.42. The van der Waals surface area contributed by atoms with Crippen molar-refractivity contribution >= 4 is 16.5 Å². The van der Waals surface area contributed by atoms with E-state index in [9.17, 15) is 4.21 Å². The van der Waals surface area contributed by atoms with E-state index < -0.39 is 10.8 Å². The molecule has 0 fully saturated rings. The summed E-state index contributed by atoms with van der Waals surface area (Å²) >= 11 is 0. The van der Waals surface area contributed by atoms with Gasteiger partial charge in [-0.3, -0.25) is 4.21 Å². The van der Waals surface area contributed by atoms with Gasteiger partial charge in [0.15, 0.2) is 0 Å². The van der Waals surface area contributed by atoms with Gasteiger partial charge in [0.05, 0.1) is 33.1 Å². The zero-order valence-corrected chi connectivity index (χ0v) is 10.5. The molecular weight excluding hydrogens is 244 g/mol. The Labute approximate surface area is 108 Å². The third-order valence-corrected chi connectivity index (χ3v) is 3.98. The summed E-state index contributed by atoms with van der Waals surface area (Å²) in [7, 11) is -1.19. The lowest BCUT2D eigenvalue weighted by Crippen LogP contribution is -2.00. The van der Waals surface area contributed by atoms with Crippen LogP contribution in [0.5, 0.6) is 0 Å². The van der Waals surface area contributed by atoms with Crippen LogP contribution in [-0.4, -0.2) is 4.21 Å². The minimum Gasteiger partial charge on any atom is -0.398 e. The average Bonchev–Trinajstić information content (AvgIpc) is 2.39. The fraction of sp³-hybridized carbons (Fsp3) is 0.0714. The van der Waals surface area contributed by atoms with E-state index in [1.807, 2.05) is 18.2 Å². The highest BCUT2D eigenvalue weighted by atomic mass is 32.2. The van der Waals surface area contributed by atoms with Crippen LogP contribution >= 0.6 is 0 Å². The molecule has 0 bridgehead atoms. The first-order chi connectivity index (χ1) is 8.70. The third-order valence-electron chi connectivity index (χ3n) is 2.52. The van der Waals surface area contributed by atoms with Crippen molar-refractivity contribution in [2.24, 2.45) is 0 Å². The lowest BCUT2D eigenvalue weighted by molar-refractivity contribution is 0.683. The average molecular weight is 256 g/mol. The zero-order chi connectivity index (χ0) is 13.0. The van der Waals surface area contributed by atoms with E-state index in [1.165, 1.54) is 0 Å². The van der Waals surface area contributed by atoms with Crippen LogP contribution in [0, 0.1) is 11.3 Å². The van der Waals surface area contributed by atoms with Crippen molar-refractivity contribution in [3.05, 3.63) is 59.7 Å². The highest BCUT2D eigenvalue weighted by Gasteiger charge is 2.08. The standard InChI is InChI=1S/C14H12N2OS/c15-9-11-4-3-5-12(8-11)10-18(17)14-7-2-1-6-13(14)16/h1-8H,10,16H2. The fourth-order valence-electron chi connectivity index (χ4n) is 1.65. The number of para-hydroxylation sites is 1.